The number of H-pyrrole nitrogens is 1. The van der Waals surface area contributed by atoms with Crippen molar-refractivity contribution in [2.45, 2.75) is 46.0 Å². The highest BCUT2D eigenvalue weighted by molar-refractivity contribution is 6.30. The number of halogens is 1. The van der Waals surface area contributed by atoms with Gasteiger partial charge >= 0.3 is 0 Å². The number of hydrogen-bond acceptors (Lipinski definition) is 3. The second-order valence-corrected chi connectivity index (χ2v) is 6.00. The van der Waals surface area contributed by atoms with E-state index in [1.165, 1.54) is 0 Å². The number of ether oxygens (including phenoxy) is 1. The molecule has 1 aromatic heterocycles. The third-order valence-corrected chi connectivity index (χ3v) is 3.75. The van der Waals surface area contributed by atoms with Gasteiger partial charge in [-0.3, -0.25) is 0 Å². The van der Waals surface area contributed by atoms with Gasteiger partial charge in [-0.1, -0.05) is 32.4 Å². The molecule has 1 atom stereocenters. The summed E-state index contributed by atoms with van der Waals surface area (Å²) < 4.78 is 5.92. The molecule has 2 rings (SSSR count). The van der Waals surface area contributed by atoms with Gasteiger partial charge in [-0.2, -0.15) is 15.4 Å². The van der Waals surface area contributed by atoms with Crippen molar-refractivity contribution in [1.29, 1.82) is 0 Å². The molecule has 1 aromatic carbocycles. The third kappa shape index (κ3) is 3.76. The van der Waals surface area contributed by atoms with Crippen LogP contribution in [0.1, 0.15) is 56.4 Å². The standard InChI is InChI=1S/C16H22ClN3O/c1-5-21-16-14(10(2)3)7-12(17)8-15(16)11(4)6-13-9-18-20-19-13/h7-11H,5-6H2,1-4H3,(H,18,19,20). The van der Waals surface area contributed by atoms with E-state index < -0.39 is 0 Å². The van der Waals surface area contributed by atoms with Crippen LogP contribution in [0, 0.1) is 0 Å². The van der Waals surface area contributed by atoms with Gasteiger partial charge < -0.3 is 4.74 Å². The highest BCUT2D eigenvalue weighted by Gasteiger charge is 2.19. The lowest BCUT2D eigenvalue weighted by Gasteiger charge is -2.21. The number of rotatable bonds is 6. The normalized spacial score (nSPS) is 12.7. The van der Waals surface area contributed by atoms with E-state index in [9.17, 15) is 0 Å². The first-order valence-electron chi connectivity index (χ1n) is 7.33. The molecule has 2 aromatic rings. The van der Waals surface area contributed by atoms with E-state index in [0.29, 0.717) is 12.5 Å². The fourth-order valence-corrected chi connectivity index (χ4v) is 2.72. The van der Waals surface area contributed by atoms with Crippen molar-refractivity contribution in [2.24, 2.45) is 0 Å². The van der Waals surface area contributed by atoms with Gasteiger partial charge in [-0.05, 0) is 48.4 Å². The lowest BCUT2D eigenvalue weighted by Crippen LogP contribution is -2.07. The zero-order valence-corrected chi connectivity index (χ0v) is 13.7. The van der Waals surface area contributed by atoms with E-state index in [0.717, 1.165) is 34.0 Å². The maximum absolute atomic E-state index is 6.30. The Morgan fingerprint density at radius 3 is 2.52 bits per heavy atom. The zero-order valence-electron chi connectivity index (χ0n) is 13.0. The number of benzene rings is 1. The van der Waals surface area contributed by atoms with Crippen molar-refractivity contribution in [1.82, 2.24) is 15.4 Å². The Hall–Kier alpha value is -1.55. The average Bonchev–Trinajstić information content (AvgIpc) is 2.93. The molecule has 0 fully saturated rings. The van der Waals surface area contributed by atoms with Crippen LogP contribution in [0.15, 0.2) is 18.3 Å². The van der Waals surface area contributed by atoms with Crippen LogP contribution in [0.5, 0.6) is 5.75 Å². The number of nitrogens with one attached hydrogen (secondary N) is 1. The van der Waals surface area contributed by atoms with Gasteiger partial charge in [0.1, 0.15) is 5.75 Å². The van der Waals surface area contributed by atoms with Crippen molar-refractivity contribution in [3.05, 3.63) is 40.2 Å². The number of aromatic nitrogens is 3. The summed E-state index contributed by atoms with van der Waals surface area (Å²) in [5, 5.41) is 11.4. The minimum Gasteiger partial charge on any atom is -0.493 e. The quantitative estimate of drug-likeness (QED) is 0.864. The van der Waals surface area contributed by atoms with Crippen LogP contribution in [-0.4, -0.2) is 22.0 Å². The maximum atomic E-state index is 6.30. The van der Waals surface area contributed by atoms with Gasteiger partial charge in [-0.25, -0.2) is 0 Å². The minimum atomic E-state index is 0.257. The van der Waals surface area contributed by atoms with Crippen molar-refractivity contribution < 1.29 is 4.74 Å². The predicted octanol–water partition coefficient (Wildman–Crippen LogP) is 4.33. The maximum Gasteiger partial charge on any atom is 0.126 e. The molecule has 0 amide bonds. The number of aromatic amines is 1. The van der Waals surface area contributed by atoms with Gasteiger partial charge in [0.2, 0.25) is 0 Å². The Morgan fingerprint density at radius 2 is 1.95 bits per heavy atom. The SMILES string of the molecule is CCOc1c(C(C)C)cc(Cl)cc1C(C)Cc1cn[nH]n1. The Bertz CT molecular complexity index is 581. The van der Waals surface area contributed by atoms with Crippen molar-refractivity contribution in [2.75, 3.05) is 6.61 Å². The molecule has 1 heterocycles. The van der Waals surface area contributed by atoms with E-state index in [1.54, 1.807) is 6.20 Å². The molecular weight excluding hydrogens is 286 g/mol. The molecule has 0 saturated heterocycles. The summed E-state index contributed by atoms with van der Waals surface area (Å²) in [6.07, 6.45) is 2.55. The summed E-state index contributed by atoms with van der Waals surface area (Å²) in [6.45, 7) is 9.11. The van der Waals surface area contributed by atoms with E-state index in [1.807, 2.05) is 19.1 Å². The summed E-state index contributed by atoms with van der Waals surface area (Å²) >= 11 is 6.30. The first-order valence-corrected chi connectivity index (χ1v) is 7.71. The van der Waals surface area contributed by atoms with Crippen molar-refractivity contribution in [3.8, 4) is 5.75 Å². The monoisotopic (exact) mass is 307 g/mol. The summed E-state index contributed by atoms with van der Waals surface area (Å²) in [6, 6.07) is 4.01. The molecule has 4 nitrogen and oxygen atoms in total. The van der Waals surface area contributed by atoms with Crippen LogP contribution in [0.25, 0.3) is 0 Å². The number of nitrogens with zero attached hydrogens (tertiary/aromatic N) is 2. The molecule has 0 aliphatic carbocycles. The molecule has 0 spiro atoms. The van der Waals surface area contributed by atoms with Gasteiger partial charge in [0.25, 0.3) is 0 Å². The second-order valence-electron chi connectivity index (χ2n) is 5.57. The van der Waals surface area contributed by atoms with Gasteiger partial charge in [0, 0.05) is 5.02 Å². The lowest BCUT2D eigenvalue weighted by atomic mass is 9.90. The average molecular weight is 308 g/mol. The molecule has 1 N–H and O–H groups in total. The van der Waals surface area contributed by atoms with Crippen LogP contribution in [0.3, 0.4) is 0 Å². The van der Waals surface area contributed by atoms with E-state index in [2.05, 4.69) is 36.2 Å². The summed E-state index contributed by atoms with van der Waals surface area (Å²) in [5.41, 5.74) is 3.23. The van der Waals surface area contributed by atoms with Crippen molar-refractivity contribution in [3.63, 3.8) is 0 Å². The van der Waals surface area contributed by atoms with Crippen molar-refractivity contribution >= 4 is 11.6 Å². The van der Waals surface area contributed by atoms with E-state index >= 15 is 0 Å². The largest absolute Gasteiger partial charge is 0.493 e. The fourth-order valence-electron chi connectivity index (χ4n) is 2.49. The van der Waals surface area contributed by atoms with Gasteiger partial charge in [0.05, 0.1) is 18.5 Å². The summed E-state index contributed by atoms with van der Waals surface area (Å²) in [5.74, 6) is 1.59. The molecule has 0 bridgehead atoms. The second kappa shape index (κ2) is 6.94. The molecular formula is C16H22ClN3O. The summed E-state index contributed by atoms with van der Waals surface area (Å²) in [7, 11) is 0. The molecule has 114 valence electrons. The minimum absolute atomic E-state index is 0.257. The zero-order chi connectivity index (χ0) is 15.4. The van der Waals surface area contributed by atoms with Crippen LogP contribution >= 0.6 is 11.6 Å². The van der Waals surface area contributed by atoms with Crippen LogP contribution in [0.2, 0.25) is 5.02 Å². The molecule has 5 heteroatoms. The predicted molar refractivity (Wildman–Crippen MR) is 85.2 cm³/mol. The molecule has 21 heavy (non-hydrogen) atoms. The molecule has 0 aliphatic heterocycles. The van der Waals surface area contributed by atoms with E-state index in [4.69, 9.17) is 16.3 Å². The Labute approximate surface area is 130 Å². The Balaban J connectivity index is 2.40. The van der Waals surface area contributed by atoms with Crippen LogP contribution in [0.4, 0.5) is 0 Å². The molecule has 1 unspecified atom stereocenters. The number of hydrogen-bond donors (Lipinski definition) is 1. The lowest BCUT2D eigenvalue weighted by molar-refractivity contribution is 0.329. The highest BCUT2D eigenvalue weighted by Crippen LogP contribution is 2.38. The van der Waals surface area contributed by atoms with Gasteiger partial charge in [0.15, 0.2) is 0 Å². The molecule has 0 saturated carbocycles. The topological polar surface area (TPSA) is 50.8 Å². The summed E-state index contributed by atoms with van der Waals surface area (Å²) in [4.78, 5) is 0. The first-order chi connectivity index (χ1) is 10.0. The Morgan fingerprint density at radius 1 is 1.24 bits per heavy atom. The fraction of sp³-hybridized carbons (Fsp3) is 0.500. The van der Waals surface area contributed by atoms with Crippen LogP contribution < -0.4 is 4.74 Å². The van der Waals surface area contributed by atoms with Crippen LogP contribution in [-0.2, 0) is 6.42 Å². The Kier molecular flexibility index (Phi) is 5.23. The smallest absolute Gasteiger partial charge is 0.126 e. The third-order valence-electron chi connectivity index (χ3n) is 3.53. The van der Waals surface area contributed by atoms with E-state index in [-0.39, 0.29) is 5.92 Å². The first kappa shape index (κ1) is 15.8. The highest BCUT2D eigenvalue weighted by atomic mass is 35.5. The van der Waals surface area contributed by atoms with Gasteiger partial charge in [-0.15, -0.1) is 0 Å². The molecule has 0 aliphatic rings. The molecule has 0 radical (unpaired) electrons.